The average molecular weight is 124 g/mol. The van der Waals surface area contributed by atoms with Crippen LogP contribution in [0, 0.1) is 0 Å². The van der Waals surface area contributed by atoms with Gasteiger partial charge in [0.25, 0.3) is 0 Å². The van der Waals surface area contributed by atoms with Crippen molar-refractivity contribution in [2.75, 3.05) is 0 Å². The third-order valence-corrected chi connectivity index (χ3v) is 1.73. The third kappa shape index (κ3) is 2.56. The second-order valence-electron chi connectivity index (χ2n) is 1.03. The SMILES string of the molecule is CC(P)P(=O)=O. The second-order valence-corrected chi connectivity index (χ2v) is 3.97. The van der Waals surface area contributed by atoms with Gasteiger partial charge in [0, 0.05) is 0 Å². The Morgan fingerprint density at radius 3 is 1.83 bits per heavy atom. The monoisotopic (exact) mass is 124 g/mol. The Balaban J connectivity index is 3.57. The van der Waals surface area contributed by atoms with Crippen LogP contribution in [-0.2, 0) is 9.13 Å². The van der Waals surface area contributed by atoms with E-state index < -0.39 is 7.68 Å². The molecule has 0 heterocycles. The van der Waals surface area contributed by atoms with Crippen molar-refractivity contribution in [1.82, 2.24) is 0 Å². The van der Waals surface area contributed by atoms with E-state index in [-0.39, 0.29) is 5.40 Å². The minimum absolute atomic E-state index is 0.278. The lowest BCUT2D eigenvalue weighted by Crippen LogP contribution is -1.68. The summed E-state index contributed by atoms with van der Waals surface area (Å²) >= 11 is 0. The topological polar surface area (TPSA) is 34.1 Å². The molecular formula is C2H6O2P2. The van der Waals surface area contributed by atoms with Crippen molar-refractivity contribution in [3.8, 4) is 0 Å². The zero-order valence-corrected chi connectivity index (χ0v) is 5.47. The summed E-state index contributed by atoms with van der Waals surface area (Å²) in [5.74, 6) is 0. The van der Waals surface area contributed by atoms with Gasteiger partial charge in [-0.3, -0.25) is 0 Å². The van der Waals surface area contributed by atoms with Gasteiger partial charge in [0.2, 0.25) is 0 Å². The van der Waals surface area contributed by atoms with E-state index in [1.165, 1.54) is 0 Å². The van der Waals surface area contributed by atoms with Gasteiger partial charge in [-0.05, 0) is 6.92 Å². The summed E-state index contributed by atoms with van der Waals surface area (Å²) in [4.78, 5) is 0. The first-order valence-corrected chi connectivity index (χ1v) is 3.45. The smallest absolute Gasteiger partial charge is 0.237 e. The summed E-state index contributed by atoms with van der Waals surface area (Å²) in [5, 5.41) is -0.278. The number of rotatable bonds is 1. The van der Waals surface area contributed by atoms with E-state index in [0.29, 0.717) is 0 Å². The van der Waals surface area contributed by atoms with Crippen molar-refractivity contribution in [1.29, 1.82) is 0 Å². The molecule has 0 amide bonds. The first kappa shape index (κ1) is 6.33. The highest BCUT2D eigenvalue weighted by Gasteiger charge is 1.94. The van der Waals surface area contributed by atoms with E-state index in [9.17, 15) is 9.13 Å². The van der Waals surface area contributed by atoms with Crippen molar-refractivity contribution >= 4 is 16.9 Å². The summed E-state index contributed by atoms with van der Waals surface area (Å²) < 4.78 is 19.4. The first-order valence-electron chi connectivity index (χ1n) is 1.53. The van der Waals surface area contributed by atoms with Crippen LogP contribution in [0.2, 0.25) is 0 Å². The fourth-order valence-corrected chi connectivity index (χ4v) is 0. The lowest BCUT2D eigenvalue weighted by molar-refractivity contribution is 0.514. The van der Waals surface area contributed by atoms with Crippen LogP contribution in [0.5, 0.6) is 0 Å². The highest BCUT2D eigenvalue weighted by Crippen LogP contribution is 2.18. The van der Waals surface area contributed by atoms with Gasteiger partial charge < -0.3 is 0 Å². The molecular weight excluding hydrogens is 118 g/mol. The fourth-order valence-electron chi connectivity index (χ4n) is 0. The van der Waals surface area contributed by atoms with Crippen LogP contribution in [0.1, 0.15) is 6.92 Å². The molecule has 0 aromatic rings. The largest absolute Gasteiger partial charge is 0.322 e. The Morgan fingerprint density at radius 2 is 1.83 bits per heavy atom. The Morgan fingerprint density at radius 1 is 1.67 bits per heavy atom. The first-order chi connectivity index (χ1) is 2.64. The van der Waals surface area contributed by atoms with Gasteiger partial charge in [0.05, 0.1) is 5.40 Å². The summed E-state index contributed by atoms with van der Waals surface area (Å²) in [6, 6.07) is 0. The maximum Gasteiger partial charge on any atom is 0.322 e. The van der Waals surface area contributed by atoms with E-state index in [0.717, 1.165) is 0 Å². The van der Waals surface area contributed by atoms with Gasteiger partial charge >= 0.3 is 7.68 Å². The second kappa shape index (κ2) is 2.49. The molecule has 0 radical (unpaired) electrons. The van der Waals surface area contributed by atoms with Crippen molar-refractivity contribution in [2.24, 2.45) is 0 Å². The highest BCUT2D eigenvalue weighted by molar-refractivity contribution is 7.45. The third-order valence-electron chi connectivity index (χ3n) is 0.333. The predicted molar refractivity (Wildman–Crippen MR) is 27.5 cm³/mol. The van der Waals surface area contributed by atoms with Crippen LogP contribution in [0.3, 0.4) is 0 Å². The van der Waals surface area contributed by atoms with Gasteiger partial charge in [-0.1, -0.05) is 0 Å². The maximum atomic E-state index is 9.72. The van der Waals surface area contributed by atoms with E-state index >= 15 is 0 Å². The molecule has 0 N–H and O–H groups in total. The molecule has 4 heteroatoms. The molecule has 2 unspecified atom stereocenters. The lowest BCUT2D eigenvalue weighted by Gasteiger charge is -1.78. The molecule has 0 aromatic carbocycles. The molecule has 0 fully saturated rings. The lowest BCUT2D eigenvalue weighted by atomic mass is 11.0. The Labute approximate surface area is 39.3 Å². The van der Waals surface area contributed by atoms with E-state index in [1.807, 2.05) is 0 Å². The Kier molecular flexibility index (Phi) is 2.63. The average Bonchev–Trinajstić information content (AvgIpc) is 1.36. The van der Waals surface area contributed by atoms with E-state index in [1.54, 1.807) is 6.92 Å². The van der Waals surface area contributed by atoms with Gasteiger partial charge in [-0.2, -0.15) is 0 Å². The zero-order chi connectivity index (χ0) is 5.15. The maximum absolute atomic E-state index is 9.72. The summed E-state index contributed by atoms with van der Waals surface area (Å²) in [7, 11) is -0.0195. The molecule has 0 aliphatic rings. The summed E-state index contributed by atoms with van der Waals surface area (Å²) in [5.41, 5.74) is 0. The van der Waals surface area contributed by atoms with Gasteiger partial charge in [0.1, 0.15) is 0 Å². The Hall–Kier alpha value is 0.330. The highest BCUT2D eigenvalue weighted by atomic mass is 31.1. The molecule has 2 nitrogen and oxygen atoms in total. The minimum Gasteiger partial charge on any atom is -0.237 e. The molecule has 36 valence electrons. The molecule has 0 spiro atoms. The minimum atomic E-state index is -2.20. The van der Waals surface area contributed by atoms with Crippen LogP contribution in [-0.4, -0.2) is 5.40 Å². The molecule has 0 aliphatic heterocycles. The standard InChI is InChI=1S/C2H6O2P2/c1-2(5)6(3)4/h2H,5H2,1H3. The molecule has 6 heavy (non-hydrogen) atoms. The van der Waals surface area contributed by atoms with Crippen molar-refractivity contribution < 1.29 is 9.13 Å². The number of hydrogen-bond donors (Lipinski definition) is 0. The zero-order valence-electron chi connectivity index (χ0n) is 3.42. The summed E-state index contributed by atoms with van der Waals surface area (Å²) in [6.45, 7) is 1.61. The van der Waals surface area contributed by atoms with Crippen molar-refractivity contribution in [2.45, 2.75) is 12.3 Å². The van der Waals surface area contributed by atoms with Gasteiger partial charge in [-0.25, -0.2) is 9.13 Å². The molecule has 0 aliphatic carbocycles. The fraction of sp³-hybridized carbons (Fsp3) is 1.00. The molecule has 0 bridgehead atoms. The Bertz CT molecular complexity index is 85.7. The van der Waals surface area contributed by atoms with Crippen LogP contribution in [0.15, 0.2) is 0 Å². The van der Waals surface area contributed by atoms with Crippen molar-refractivity contribution in [3.05, 3.63) is 0 Å². The summed E-state index contributed by atoms with van der Waals surface area (Å²) in [6.07, 6.45) is 0. The van der Waals surface area contributed by atoms with Crippen LogP contribution in [0.4, 0.5) is 0 Å². The molecule has 0 rings (SSSR count). The van der Waals surface area contributed by atoms with Crippen molar-refractivity contribution in [3.63, 3.8) is 0 Å². The van der Waals surface area contributed by atoms with E-state index in [4.69, 9.17) is 0 Å². The van der Waals surface area contributed by atoms with Crippen LogP contribution < -0.4 is 0 Å². The van der Waals surface area contributed by atoms with Gasteiger partial charge in [0.15, 0.2) is 0 Å². The molecule has 0 aromatic heterocycles. The number of hydrogen-bond acceptors (Lipinski definition) is 2. The molecule has 0 saturated carbocycles. The molecule has 2 atom stereocenters. The van der Waals surface area contributed by atoms with E-state index in [2.05, 4.69) is 9.24 Å². The van der Waals surface area contributed by atoms with Crippen LogP contribution in [0.25, 0.3) is 0 Å². The van der Waals surface area contributed by atoms with Crippen LogP contribution >= 0.6 is 16.9 Å². The normalized spacial score (nSPS) is 13.7. The predicted octanol–water partition coefficient (Wildman–Crippen LogP) is 1.38. The quantitative estimate of drug-likeness (QED) is 0.495. The molecule has 0 saturated heterocycles. The van der Waals surface area contributed by atoms with Gasteiger partial charge in [-0.15, -0.1) is 9.24 Å².